The van der Waals surface area contributed by atoms with Crippen molar-refractivity contribution in [3.63, 3.8) is 0 Å². The highest BCUT2D eigenvalue weighted by Crippen LogP contribution is 2.21. The summed E-state index contributed by atoms with van der Waals surface area (Å²) in [6.07, 6.45) is 1.99. The molecule has 92 valence electrons. The molecule has 1 saturated heterocycles. The maximum atomic E-state index is 12.0. The quantitative estimate of drug-likeness (QED) is 0.849. The second-order valence-electron chi connectivity index (χ2n) is 4.33. The van der Waals surface area contributed by atoms with E-state index in [-0.39, 0.29) is 18.0 Å². The molecule has 2 atom stereocenters. The van der Waals surface area contributed by atoms with E-state index >= 15 is 0 Å². The third-order valence-corrected chi connectivity index (χ3v) is 3.74. The first kappa shape index (κ1) is 13.0. The standard InChI is InChI=1S/C13H16INO2/c14-10-3-1-9(2-4-10)7-12(16)13-6-5-11(8-15)17-13/h1-4,11,13H,5-8,15H2. The van der Waals surface area contributed by atoms with Crippen LogP contribution in [0, 0.1) is 3.57 Å². The first-order valence-electron chi connectivity index (χ1n) is 5.81. The average Bonchev–Trinajstić information content (AvgIpc) is 2.81. The number of Topliss-reactive ketones (excluding diaryl/α,β-unsaturated/α-hetero) is 1. The van der Waals surface area contributed by atoms with Crippen LogP contribution in [-0.2, 0) is 16.0 Å². The van der Waals surface area contributed by atoms with Crippen LogP contribution in [0.5, 0.6) is 0 Å². The van der Waals surface area contributed by atoms with E-state index < -0.39 is 0 Å². The second-order valence-corrected chi connectivity index (χ2v) is 5.57. The van der Waals surface area contributed by atoms with Crippen molar-refractivity contribution in [2.75, 3.05) is 6.54 Å². The van der Waals surface area contributed by atoms with Crippen molar-refractivity contribution in [1.29, 1.82) is 0 Å². The smallest absolute Gasteiger partial charge is 0.165 e. The number of hydrogen-bond donors (Lipinski definition) is 1. The van der Waals surface area contributed by atoms with Gasteiger partial charge in [-0.15, -0.1) is 0 Å². The van der Waals surface area contributed by atoms with E-state index in [0.717, 1.165) is 18.4 Å². The Balaban J connectivity index is 1.91. The molecular formula is C13H16INO2. The highest BCUT2D eigenvalue weighted by atomic mass is 127. The van der Waals surface area contributed by atoms with E-state index in [4.69, 9.17) is 10.5 Å². The van der Waals surface area contributed by atoms with Crippen LogP contribution in [-0.4, -0.2) is 24.5 Å². The SMILES string of the molecule is NCC1CCC(C(=O)Cc2ccc(I)cc2)O1. The van der Waals surface area contributed by atoms with Crippen LogP contribution in [0.4, 0.5) is 0 Å². The van der Waals surface area contributed by atoms with Crippen molar-refractivity contribution in [3.8, 4) is 0 Å². The summed E-state index contributed by atoms with van der Waals surface area (Å²) in [5, 5.41) is 0. The number of hydrogen-bond acceptors (Lipinski definition) is 3. The van der Waals surface area contributed by atoms with Crippen LogP contribution >= 0.6 is 22.6 Å². The zero-order valence-electron chi connectivity index (χ0n) is 9.56. The molecule has 0 amide bonds. The third-order valence-electron chi connectivity index (χ3n) is 3.02. The van der Waals surface area contributed by atoms with E-state index in [1.807, 2.05) is 24.3 Å². The number of ketones is 1. The van der Waals surface area contributed by atoms with Gasteiger partial charge < -0.3 is 10.5 Å². The molecule has 4 heteroatoms. The number of benzene rings is 1. The Labute approximate surface area is 115 Å². The molecule has 2 unspecified atom stereocenters. The molecular weight excluding hydrogens is 329 g/mol. The lowest BCUT2D eigenvalue weighted by atomic mass is 10.0. The van der Waals surface area contributed by atoms with Crippen molar-refractivity contribution >= 4 is 28.4 Å². The van der Waals surface area contributed by atoms with Gasteiger partial charge in [-0.25, -0.2) is 0 Å². The number of halogens is 1. The largest absolute Gasteiger partial charge is 0.366 e. The summed E-state index contributed by atoms with van der Waals surface area (Å²) >= 11 is 2.25. The van der Waals surface area contributed by atoms with E-state index in [0.29, 0.717) is 13.0 Å². The van der Waals surface area contributed by atoms with Crippen molar-refractivity contribution in [2.24, 2.45) is 5.73 Å². The minimum absolute atomic E-state index is 0.0701. The van der Waals surface area contributed by atoms with Crippen LogP contribution in [0.2, 0.25) is 0 Å². The van der Waals surface area contributed by atoms with Gasteiger partial charge in [0.25, 0.3) is 0 Å². The maximum absolute atomic E-state index is 12.0. The summed E-state index contributed by atoms with van der Waals surface area (Å²) in [7, 11) is 0. The third kappa shape index (κ3) is 3.50. The molecule has 2 rings (SSSR count). The summed E-state index contributed by atoms with van der Waals surface area (Å²) in [4.78, 5) is 12.0. The summed E-state index contributed by atoms with van der Waals surface area (Å²) in [5.41, 5.74) is 6.58. The van der Waals surface area contributed by atoms with E-state index in [1.165, 1.54) is 3.57 Å². The first-order chi connectivity index (χ1) is 8.19. The van der Waals surface area contributed by atoms with Crippen LogP contribution in [0.3, 0.4) is 0 Å². The fourth-order valence-corrected chi connectivity index (χ4v) is 2.39. The Morgan fingerprint density at radius 1 is 1.35 bits per heavy atom. The molecule has 17 heavy (non-hydrogen) atoms. The van der Waals surface area contributed by atoms with Crippen molar-refractivity contribution < 1.29 is 9.53 Å². The number of nitrogens with two attached hydrogens (primary N) is 1. The van der Waals surface area contributed by atoms with Gasteiger partial charge >= 0.3 is 0 Å². The number of carbonyl (C=O) groups excluding carboxylic acids is 1. The summed E-state index contributed by atoms with van der Waals surface area (Å²) in [6, 6.07) is 8.02. The summed E-state index contributed by atoms with van der Waals surface area (Å²) < 4.78 is 6.77. The molecule has 1 heterocycles. The zero-order valence-corrected chi connectivity index (χ0v) is 11.7. The Hall–Kier alpha value is -0.460. The average molecular weight is 345 g/mol. The molecule has 3 nitrogen and oxygen atoms in total. The van der Waals surface area contributed by atoms with Gasteiger partial charge in [0.05, 0.1) is 6.10 Å². The highest BCUT2D eigenvalue weighted by Gasteiger charge is 2.29. The molecule has 0 spiro atoms. The molecule has 1 aliphatic rings. The van der Waals surface area contributed by atoms with Gasteiger partial charge in [-0.3, -0.25) is 4.79 Å². The Morgan fingerprint density at radius 2 is 2.06 bits per heavy atom. The molecule has 1 fully saturated rings. The molecule has 0 bridgehead atoms. The predicted octanol–water partition coefficient (Wildman–Crippen LogP) is 1.91. The van der Waals surface area contributed by atoms with Crippen LogP contribution < -0.4 is 5.73 Å². The minimum Gasteiger partial charge on any atom is -0.366 e. The van der Waals surface area contributed by atoms with Crippen molar-refractivity contribution in [1.82, 2.24) is 0 Å². The number of carbonyl (C=O) groups is 1. The first-order valence-corrected chi connectivity index (χ1v) is 6.89. The fourth-order valence-electron chi connectivity index (χ4n) is 2.03. The van der Waals surface area contributed by atoms with Crippen LogP contribution in [0.15, 0.2) is 24.3 Å². The maximum Gasteiger partial charge on any atom is 0.165 e. The molecule has 0 saturated carbocycles. The van der Waals surface area contributed by atoms with Gasteiger partial charge in [0.2, 0.25) is 0 Å². The van der Waals surface area contributed by atoms with Gasteiger partial charge in [-0.1, -0.05) is 12.1 Å². The lowest BCUT2D eigenvalue weighted by Gasteiger charge is -2.11. The van der Waals surface area contributed by atoms with Crippen LogP contribution in [0.1, 0.15) is 18.4 Å². The van der Waals surface area contributed by atoms with Gasteiger partial charge in [0.1, 0.15) is 6.10 Å². The lowest BCUT2D eigenvalue weighted by molar-refractivity contribution is -0.128. The topological polar surface area (TPSA) is 52.3 Å². The molecule has 0 aromatic heterocycles. The molecule has 1 aromatic carbocycles. The van der Waals surface area contributed by atoms with Gasteiger partial charge in [-0.05, 0) is 53.1 Å². The van der Waals surface area contributed by atoms with E-state index in [9.17, 15) is 4.79 Å². The Bertz CT molecular complexity index is 391. The van der Waals surface area contributed by atoms with Crippen molar-refractivity contribution in [3.05, 3.63) is 33.4 Å². The normalized spacial score (nSPS) is 23.9. The molecule has 0 aliphatic carbocycles. The summed E-state index contributed by atoms with van der Waals surface area (Å²) in [6.45, 7) is 0.507. The molecule has 2 N–H and O–H groups in total. The second kappa shape index (κ2) is 5.93. The van der Waals surface area contributed by atoms with E-state index in [2.05, 4.69) is 22.6 Å². The van der Waals surface area contributed by atoms with Crippen LogP contribution in [0.25, 0.3) is 0 Å². The zero-order chi connectivity index (χ0) is 12.3. The number of rotatable bonds is 4. The highest BCUT2D eigenvalue weighted by molar-refractivity contribution is 14.1. The Morgan fingerprint density at radius 3 is 2.65 bits per heavy atom. The fraction of sp³-hybridized carbons (Fsp3) is 0.462. The van der Waals surface area contributed by atoms with Gasteiger partial charge in [-0.2, -0.15) is 0 Å². The minimum atomic E-state index is -0.247. The van der Waals surface area contributed by atoms with Gasteiger partial charge in [0.15, 0.2) is 5.78 Å². The molecule has 1 aliphatic heterocycles. The van der Waals surface area contributed by atoms with E-state index in [1.54, 1.807) is 0 Å². The lowest BCUT2D eigenvalue weighted by Crippen LogP contribution is -2.26. The summed E-state index contributed by atoms with van der Waals surface area (Å²) in [5.74, 6) is 0.169. The molecule has 1 aromatic rings. The van der Waals surface area contributed by atoms with Gasteiger partial charge in [0, 0.05) is 16.5 Å². The number of ether oxygens (including phenoxy) is 1. The van der Waals surface area contributed by atoms with Crippen molar-refractivity contribution in [2.45, 2.75) is 31.5 Å². The predicted molar refractivity (Wildman–Crippen MR) is 74.8 cm³/mol. The monoisotopic (exact) mass is 345 g/mol. The Kier molecular flexibility index (Phi) is 4.53. The molecule has 0 radical (unpaired) electrons.